The zero-order valence-corrected chi connectivity index (χ0v) is 14.0. The van der Waals surface area contributed by atoms with Crippen molar-refractivity contribution in [1.82, 2.24) is 0 Å². The molecule has 0 saturated carbocycles. The minimum atomic E-state index is -0.0189. The fraction of sp³-hybridized carbons (Fsp3) is 0.0455. The number of para-hydroxylation sites is 1. The van der Waals surface area contributed by atoms with Gasteiger partial charge in [0.05, 0.1) is 0 Å². The lowest BCUT2D eigenvalue weighted by atomic mass is 10.1. The van der Waals surface area contributed by atoms with Crippen LogP contribution in [0.15, 0.2) is 96.7 Å². The van der Waals surface area contributed by atoms with Crippen LogP contribution in [0, 0.1) is 0 Å². The average Bonchev–Trinajstić information content (AvgIpc) is 2.65. The second kappa shape index (κ2) is 7.97. The smallest absolute Gasteiger partial charge is 0.187 e. The van der Waals surface area contributed by atoms with Crippen LogP contribution in [0.3, 0.4) is 0 Å². The maximum absolute atomic E-state index is 12.2. The largest absolute Gasteiger partial charge is 0.457 e. The summed E-state index contributed by atoms with van der Waals surface area (Å²) in [7, 11) is 0. The van der Waals surface area contributed by atoms with E-state index in [9.17, 15) is 4.79 Å². The van der Waals surface area contributed by atoms with Crippen molar-refractivity contribution in [2.75, 3.05) is 5.32 Å². The quantitative estimate of drug-likeness (QED) is 0.467. The molecule has 0 bridgehead atoms. The third-order valence-corrected chi connectivity index (χ3v) is 3.58. The number of benzene rings is 3. The molecule has 124 valence electrons. The number of anilines is 1. The number of hydrogen-bond acceptors (Lipinski definition) is 3. The Labute approximate surface area is 147 Å². The molecule has 1 N–H and O–H groups in total. The first-order valence-electron chi connectivity index (χ1n) is 8.08. The van der Waals surface area contributed by atoms with Crippen LogP contribution in [0.2, 0.25) is 0 Å². The number of ketones is 1. The molecule has 0 aromatic heterocycles. The van der Waals surface area contributed by atoms with E-state index >= 15 is 0 Å². The Morgan fingerprint density at radius 2 is 1.36 bits per heavy atom. The minimum Gasteiger partial charge on any atom is -0.457 e. The molecule has 0 atom stereocenters. The molecule has 0 unspecified atom stereocenters. The average molecular weight is 329 g/mol. The highest BCUT2D eigenvalue weighted by atomic mass is 16.5. The van der Waals surface area contributed by atoms with Gasteiger partial charge in [-0.15, -0.1) is 0 Å². The molecular weight excluding hydrogens is 310 g/mol. The lowest BCUT2D eigenvalue weighted by Gasteiger charge is -2.09. The summed E-state index contributed by atoms with van der Waals surface area (Å²) >= 11 is 0. The first kappa shape index (κ1) is 16.5. The highest BCUT2D eigenvalue weighted by molar-refractivity contribution is 6.05. The van der Waals surface area contributed by atoms with E-state index in [-0.39, 0.29) is 5.78 Å². The molecule has 0 saturated heterocycles. The van der Waals surface area contributed by atoms with Crippen LogP contribution >= 0.6 is 0 Å². The van der Waals surface area contributed by atoms with Crippen molar-refractivity contribution in [3.63, 3.8) is 0 Å². The Bertz CT molecular complexity index is 854. The summed E-state index contributed by atoms with van der Waals surface area (Å²) in [6.07, 6.45) is 1.60. The van der Waals surface area contributed by atoms with Gasteiger partial charge in [-0.2, -0.15) is 0 Å². The summed E-state index contributed by atoms with van der Waals surface area (Å²) < 4.78 is 5.76. The highest BCUT2D eigenvalue weighted by Crippen LogP contribution is 2.23. The monoisotopic (exact) mass is 329 g/mol. The molecule has 3 aromatic carbocycles. The fourth-order valence-electron chi connectivity index (χ4n) is 2.38. The molecule has 3 nitrogen and oxygen atoms in total. The predicted molar refractivity (Wildman–Crippen MR) is 101 cm³/mol. The van der Waals surface area contributed by atoms with E-state index in [4.69, 9.17) is 4.74 Å². The molecule has 3 rings (SSSR count). The van der Waals surface area contributed by atoms with Gasteiger partial charge in [0.1, 0.15) is 11.5 Å². The topological polar surface area (TPSA) is 38.3 Å². The zero-order chi connectivity index (χ0) is 17.5. The third kappa shape index (κ3) is 4.82. The second-order valence-corrected chi connectivity index (χ2v) is 5.62. The van der Waals surface area contributed by atoms with Gasteiger partial charge in [-0.3, -0.25) is 4.79 Å². The van der Waals surface area contributed by atoms with Crippen LogP contribution in [0.25, 0.3) is 0 Å². The Kier molecular flexibility index (Phi) is 5.27. The van der Waals surface area contributed by atoms with Crippen molar-refractivity contribution in [2.24, 2.45) is 0 Å². The summed E-state index contributed by atoms with van der Waals surface area (Å²) in [5.74, 6) is 1.54. The Hall–Kier alpha value is -3.33. The lowest BCUT2D eigenvalue weighted by molar-refractivity contribution is 0.104. The molecule has 0 spiro atoms. The van der Waals surface area contributed by atoms with Gasteiger partial charge in [0.2, 0.25) is 0 Å². The van der Waals surface area contributed by atoms with Crippen molar-refractivity contribution in [3.8, 4) is 11.5 Å². The summed E-state index contributed by atoms with van der Waals surface area (Å²) in [5, 5.41) is 3.22. The molecule has 0 amide bonds. The van der Waals surface area contributed by atoms with Gasteiger partial charge >= 0.3 is 0 Å². The summed E-state index contributed by atoms with van der Waals surface area (Å²) in [6, 6.07) is 26.5. The maximum atomic E-state index is 12.2. The number of carbonyl (C=O) groups excluding carboxylic acids is 1. The van der Waals surface area contributed by atoms with Gasteiger partial charge in [0.25, 0.3) is 0 Å². The van der Waals surface area contributed by atoms with Gasteiger partial charge in [-0.25, -0.2) is 0 Å². The number of allylic oxidation sites excluding steroid dienone is 2. The second-order valence-electron chi connectivity index (χ2n) is 5.62. The molecule has 3 aromatic rings. The molecule has 0 fully saturated rings. The van der Waals surface area contributed by atoms with Crippen LogP contribution in [-0.2, 0) is 0 Å². The zero-order valence-electron chi connectivity index (χ0n) is 14.0. The minimum absolute atomic E-state index is 0.0189. The van der Waals surface area contributed by atoms with E-state index in [0.29, 0.717) is 5.56 Å². The van der Waals surface area contributed by atoms with Crippen LogP contribution < -0.4 is 10.1 Å². The molecule has 0 radical (unpaired) electrons. The van der Waals surface area contributed by atoms with E-state index in [0.717, 1.165) is 22.9 Å². The van der Waals surface area contributed by atoms with E-state index in [1.807, 2.05) is 91.9 Å². The SMILES string of the molecule is CC(=CC(=O)c1ccccc1)Nc1ccc(Oc2ccccc2)cc1. The molecule has 0 aliphatic rings. The van der Waals surface area contributed by atoms with Crippen LogP contribution in [0.1, 0.15) is 17.3 Å². The third-order valence-electron chi connectivity index (χ3n) is 3.58. The van der Waals surface area contributed by atoms with Crippen molar-refractivity contribution < 1.29 is 9.53 Å². The van der Waals surface area contributed by atoms with Gasteiger partial charge < -0.3 is 10.1 Å². The number of hydrogen-bond donors (Lipinski definition) is 1. The molecule has 0 aliphatic heterocycles. The Morgan fingerprint density at radius 3 is 2.00 bits per heavy atom. The van der Waals surface area contributed by atoms with Crippen molar-refractivity contribution in [1.29, 1.82) is 0 Å². The van der Waals surface area contributed by atoms with E-state index in [1.54, 1.807) is 6.08 Å². The van der Waals surface area contributed by atoms with E-state index in [2.05, 4.69) is 5.32 Å². The van der Waals surface area contributed by atoms with Crippen molar-refractivity contribution >= 4 is 11.5 Å². The molecule has 25 heavy (non-hydrogen) atoms. The van der Waals surface area contributed by atoms with Crippen LogP contribution in [-0.4, -0.2) is 5.78 Å². The van der Waals surface area contributed by atoms with Crippen LogP contribution in [0.4, 0.5) is 5.69 Å². The lowest BCUT2D eigenvalue weighted by Crippen LogP contribution is -2.01. The van der Waals surface area contributed by atoms with Crippen molar-refractivity contribution in [3.05, 3.63) is 102 Å². The predicted octanol–water partition coefficient (Wildman–Crippen LogP) is 5.68. The molecule has 0 aliphatic carbocycles. The number of carbonyl (C=O) groups is 1. The van der Waals surface area contributed by atoms with E-state index < -0.39 is 0 Å². The van der Waals surface area contributed by atoms with Crippen LogP contribution in [0.5, 0.6) is 11.5 Å². The first-order chi connectivity index (χ1) is 12.2. The maximum Gasteiger partial charge on any atom is 0.187 e. The van der Waals surface area contributed by atoms with Gasteiger partial charge in [-0.05, 0) is 43.3 Å². The molecule has 3 heteroatoms. The number of rotatable bonds is 6. The Morgan fingerprint density at radius 1 is 0.800 bits per heavy atom. The molecular formula is C22H19NO2. The fourth-order valence-corrected chi connectivity index (χ4v) is 2.38. The summed E-state index contributed by atoms with van der Waals surface area (Å²) in [6.45, 7) is 1.87. The first-order valence-corrected chi connectivity index (χ1v) is 8.08. The molecule has 0 heterocycles. The van der Waals surface area contributed by atoms with Gasteiger partial charge in [0.15, 0.2) is 5.78 Å². The standard InChI is InChI=1S/C22H19NO2/c1-17(16-22(24)18-8-4-2-5-9-18)23-19-12-14-21(15-13-19)25-20-10-6-3-7-11-20/h2-16,23H,1H3. The summed E-state index contributed by atoms with van der Waals surface area (Å²) in [5.41, 5.74) is 2.36. The number of nitrogens with one attached hydrogen (secondary N) is 1. The normalized spacial score (nSPS) is 11.0. The van der Waals surface area contributed by atoms with Crippen molar-refractivity contribution in [2.45, 2.75) is 6.92 Å². The van der Waals surface area contributed by atoms with Gasteiger partial charge in [-0.1, -0.05) is 48.5 Å². The highest BCUT2D eigenvalue weighted by Gasteiger charge is 2.03. The van der Waals surface area contributed by atoms with E-state index in [1.165, 1.54) is 0 Å². The summed E-state index contributed by atoms with van der Waals surface area (Å²) in [4.78, 5) is 12.2. The van der Waals surface area contributed by atoms with Gasteiger partial charge in [0, 0.05) is 23.0 Å². The number of ether oxygens (including phenoxy) is 1. The Balaban J connectivity index is 1.63.